The van der Waals surface area contributed by atoms with Gasteiger partial charge in [-0.15, -0.1) is 0 Å². The summed E-state index contributed by atoms with van der Waals surface area (Å²) in [4.78, 5) is 41.5. The average Bonchev–Trinajstić information content (AvgIpc) is 3.16. The van der Waals surface area contributed by atoms with Gasteiger partial charge in [0.15, 0.2) is 0 Å². The molecule has 1 saturated heterocycles. The lowest BCUT2D eigenvalue weighted by atomic mass is 9.75. The molecule has 1 N–H and O–H groups in total. The Morgan fingerprint density at radius 1 is 1.05 bits per heavy atom. The molecule has 1 fully saturated rings. The fourth-order valence-electron chi connectivity index (χ4n) is 5.39. The molecule has 2 heterocycles. The molecule has 2 amide bonds. The van der Waals surface area contributed by atoms with Crippen LogP contribution in [0.3, 0.4) is 0 Å². The maximum absolute atomic E-state index is 14.4. The summed E-state index contributed by atoms with van der Waals surface area (Å²) >= 11 is 12.7. The van der Waals surface area contributed by atoms with Gasteiger partial charge in [0.05, 0.1) is 39.5 Å². The highest BCUT2D eigenvalue weighted by atomic mass is 35.5. The number of halogens is 3. The van der Waals surface area contributed by atoms with E-state index in [1.165, 1.54) is 19.2 Å². The van der Waals surface area contributed by atoms with Crippen molar-refractivity contribution in [3.8, 4) is 0 Å². The van der Waals surface area contributed by atoms with Crippen LogP contribution in [0.4, 0.5) is 15.8 Å². The van der Waals surface area contributed by atoms with E-state index >= 15 is 0 Å². The molecule has 0 bridgehead atoms. The molecule has 3 aromatic carbocycles. The van der Waals surface area contributed by atoms with E-state index in [0.29, 0.717) is 48.0 Å². The van der Waals surface area contributed by atoms with Crippen molar-refractivity contribution in [1.29, 1.82) is 0 Å². The number of hydrogen-bond donors (Lipinski definition) is 1. The van der Waals surface area contributed by atoms with E-state index in [1.807, 2.05) is 12.1 Å². The second kappa shape index (κ2) is 11.0. The Bertz CT molecular complexity index is 1440. The van der Waals surface area contributed by atoms with Crippen LogP contribution in [0.15, 0.2) is 60.7 Å². The van der Waals surface area contributed by atoms with Crippen molar-refractivity contribution in [2.24, 2.45) is 0 Å². The van der Waals surface area contributed by atoms with Gasteiger partial charge in [-0.1, -0.05) is 59.6 Å². The van der Waals surface area contributed by atoms with Crippen LogP contribution < -0.4 is 10.2 Å². The minimum atomic E-state index is -1.19. The van der Waals surface area contributed by atoms with Crippen molar-refractivity contribution >= 4 is 52.4 Å². The standard InChI is InChI=1S/C29H25Cl2FN2O5/c1-38-27(36)22(33-26(35)24-19(30)8-5-10-21(24)32)16-17-6-2-3-11-23(17)34-25-18(7-4-9-20(25)31)29(28(34)37)12-14-39-15-13-29/h2-11,22H,12-16H2,1H3,(H,33,35)/t22-/m0/s1. The Kier molecular flexibility index (Phi) is 7.62. The van der Waals surface area contributed by atoms with Crippen LogP contribution in [0.25, 0.3) is 0 Å². The molecule has 5 rings (SSSR count). The number of benzene rings is 3. The molecule has 0 aromatic heterocycles. The van der Waals surface area contributed by atoms with Crippen molar-refractivity contribution in [1.82, 2.24) is 5.32 Å². The van der Waals surface area contributed by atoms with Crippen LogP contribution in [-0.2, 0) is 30.9 Å². The number of esters is 1. The van der Waals surface area contributed by atoms with Crippen molar-refractivity contribution in [2.45, 2.75) is 30.7 Å². The summed E-state index contributed by atoms with van der Waals surface area (Å²) in [5.41, 5.74) is 1.38. The van der Waals surface area contributed by atoms with Gasteiger partial charge < -0.3 is 14.8 Å². The number of methoxy groups -OCH3 is 1. The number of rotatable bonds is 6. The van der Waals surface area contributed by atoms with E-state index in [9.17, 15) is 18.8 Å². The van der Waals surface area contributed by atoms with Gasteiger partial charge in [0.1, 0.15) is 11.9 Å². The fraction of sp³-hybridized carbons (Fsp3) is 0.276. The molecule has 0 unspecified atom stereocenters. The average molecular weight is 571 g/mol. The van der Waals surface area contributed by atoms with Crippen molar-refractivity contribution in [2.75, 3.05) is 25.2 Å². The van der Waals surface area contributed by atoms with Crippen molar-refractivity contribution in [3.05, 3.63) is 93.2 Å². The first-order chi connectivity index (χ1) is 18.8. The summed E-state index contributed by atoms with van der Waals surface area (Å²) < 4.78 is 24.9. The minimum Gasteiger partial charge on any atom is -0.467 e. The first-order valence-electron chi connectivity index (χ1n) is 12.4. The molecule has 10 heteroatoms. The second-order valence-corrected chi connectivity index (χ2v) is 10.3. The minimum absolute atomic E-state index is 0.0413. The Morgan fingerprint density at radius 2 is 1.74 bits per heavy atom. The smallest absolute Gasteiger partial charge is 0.328 e. The molecule has 1 atom stereocenters. The molecule has 2 aliphatic rings. The predicted molar refractivity (Wildman–Crippen MR) is 145 cm³/mol. The molecule has 39 heavy (non-hydrogen) atoms. The van der Waals surface area contributed by atoms with Gasteiger partial charge in [-0.2, -0.15) is 0 Å². The number of para-hydroxylation sites is 2. The first-order valence-corrected chi connectivity index (χ1v) is 13.2. The fourth-order valence-corrected chi connectivity index (χ4v) is 5.90. The Morgan fingerprint density at radius 3 is 2.46 bits per heavy atom. The van der Waals surface area contributed by atoms with E-state index in [1.54, 1.807) is 35.2 Å². The molecule has 0 saturated carbocycles. The largest absolute Gasteiger partial charge is 0.467 e. The summed E-state index contributed by atoms with van der Waals surface area (Å²) in [5.74, 6) is -2.55. The van der Waals surface area contributed by atoms with Gasteiger partial charge in [0, 0.05) is 19.6 Å². The molecule has 7 nitrogen and oxygen atoms in total. The number of carbonyl (C=O) groups excluding carboxylic acids is 3. The number of ether oxygens (including phenoxy) is 2. The summed E-state index contributed by atoms with van der Waals surface area (Å²) in [7, 11) is 1.19. The lowest BCUT2D eigenvalue weighted by molar-refractivity contribution is -0.142. The molecule has 0 aliphatic carbocycles. The summed E-state index contributed by atoms with van der Waals surface area (Å²) in [6.07, 6.45) is 0.991. The Labute approximate surface area is 234 Å². The van der Waals surface area contributed by atoms with E-state index in [0.717, 1.165) is 11.6 Å². The van der Waals surface area contributed by atoms with Crippen molar-refractivity contribution < 1.29 is 28.2 Å². The number of carbonyl (C=O) groups is 3. The summed E-state index contributed by atoms with van der Waals surface area (Å²) in [6, 6.07) is 15.2. The third kappa shape index (κ3) is 4.77. The zero-order valence-corrected chi connectivity index (χ0v) is 22.5. The van der Waals surface area contributed by atoms with Crippen LogP contribution >= 0.6 is 23.2 Å². The topological polar surface area (TPSA) is 84.9 Å². The van der Waals surface area contributed by atoms with E-state index in [2.05, 4.69) is 5.32 Å². The molecule has 2 aliphatic heterocycles. The van der Waals surface area contributed by atoms with Crippen LogP contribution in [0, 0.1) is 5.82 Å². The van der Waals surface area contributed by atoms with Crippen LogP contribution in [0.1, 0.15) is 34.3 Å². The van der Waals surface area contributed by atoms with E-state index in [4.69, 9.17) is 32.7 Å². The van der Waals surface area contributed by atoms with E-state index in [-0.39, 0.29) is 22.9 Å². The molecule has 1 spiro atoms. The Hall–Kier alpha value is -3.46. The number of anilines is 2. The zero-order valence-electron chi connectivity index (χ0n) is 21.0. The number of amides is 2. The molecule has 202 valence electrons. The highest BCUT2D eigenvalue weighted by Crippen LogP contribution is 2.53. The zero-order chi connectivity index (χ0) is 27.7. The van der Waals surface area contributed by atoms with Gasteiger partial charge in [0.2, 0.25) is 5.91 Å². The van der Waals surface area contributed by atoms with Gasteiger partial charge in [-0.25, -0.2) is 9.18 Å². The number of nitrogens with one attached hydrogen (secondary N) is 1. The molecule has 0 radical (unpaired) electrons. The van der Waals surface area contributed by atoms with Gasteiger partial charge in [0.25, 0.3) is 5.91 Å². The predicted octanol–water partition coefficient (Wildman–Crippen LogP) is 5.37. The highest BCUT2D eigenvalue weighted by Gasteiger charge is 2.53. The number of hydrogen-bond acceptors (Lipinski definition) is 5. The maximum atomic E-state index is 14.4. The van der Waals surface area contributed by atoms with Crippen LogP contribution in [0.2, 0.25) is 10.0 Å². The number of nitrogens with zero attached hydrogens (tertiary/aromatic N) is 1. The molecular weight excluding hydrogens is 546 g/mol. The third-order valence-corrected chi connectivity index (χ3v) is 7.94. The van der Waals surface area contributed by atoms with E-state index < -0.39 is 29.2 Å². The second-order valence-electron chi connectivity index (χ2n) is 9.45. The van der Waals surface area contributed by atoms with Crippen LogP contribution in [-0.4, -0.2) is 44.1 Å². The quantitative estimate of drug-likeness (QED) is 0.402. The monoisotopic (exact) mass is 570 g/mol. The third-order valence-electron chi connectivity index (χ3n) is 7.32. The SMILES string of the molecule is COC(=O)[C@H](Cc1ccccc1N1C(=O)C2(CCOCC2)c2cccc(Cl)c21)NC(=O)c1c(F)cccc1Cl. The maximum Gasteiger partial charge on any atom is 0.328 e. The Balaban J connectivity index is 1.53. The van der Waals surface area contributed by atoms with Gasteiger partial charge >= 0.3 is 5.97 Å². The summed E-state index contributed by atoms with van der Waals surface area (Å²) in [5, 5.41) is 2.88. The van der Waals surface area contributed by atoms with Gasteiger partial charge in [-0.3, -0.25) is 14.5 Å². The highest BCUT2D eigenvalue weighted by molar-refractivity contribution is 6.35. The van der Waals surface area contributed by atoms with Crippen LogP contribution in [0.5, 0.6) is 0 Å². The van der Waals surface area contributed by atoms with Crippen molar-refractivity contribution in [3.63, 3.8) is 0 Å². The normalized spacial score (nSPS) is 16.6. The lowest BCUT2D eigenvalue weighted by Crippen LogP contribution is -2.44. The molecular formula is C29H25Cl2FN2O5. The first kappa shape index (κ1) is 27.1. The summed E-state index contributed by atoms with van der Waals surface area (Å²) in [6.45, 7) is 0.893. The lowest BCUT2D eigenvalue weighted by Gasteiger charge is -2.32. The van der Waals surface area contributed by atoms with Gasteiger partial charge in [-0.05, 0) is 48.2 Å². The molecule has 3 aromatic rings. The number of fused-ring (bicyclic) bond motifs is 2.